The van der Waals surface area contributed by atoms with Crippen LogP contribution in [0, 0.1) is 0 Å². The number of halogens is 2. The molecule has 0 radical (unpaired) electrons. The standard InChI is InChI=1S/C16H14BrNO2.C10H9BrO2/c17-12-7-11-4-5-14(19)9-15(11)16(8-12)20-10-13-3-1-2-6-18-13;11-7-3-6-1-2-8(12)5-9(6)10(13)4-7/h1-3,6-8H,4-5,9-10H2;3-4,13H,1-2,5H2. The van der Waals surface area contributed by atoms with Crippen LogP contribution in [-0.4, -0.2) is 21.7 Å². The summed E-state index contributed by atoms with van der Waals surface area (Å²) in [4.78, 5) is 27.0. The Kier molecular flexibility index (Phi) is 7.60. The van der Waals surface area contributed by atoms with Crippen molar-refractivity contribution in [2.24, 2.45) is 0 Å². The molecule has 7 heteroatoms. The van der Waals surface area contributed by atoms with Gasteiger partial charge in [0.1, 0.15) is 29.7 Å². The third-order valence-electron chi connectivity index (χ3n) is 5.75. The fraction of sp³-hybridized carbons (Fsp3) is 0.269. The van der Waals surface area contributed by atoms with E-state index in [1.54, 1.807) is 12.3 Å². The zero-order chi connectivity index (χ0) is 23.4. The summed E-state index contributed by atoms with van der Waals surface area (Å²) >= 11 is 6.81. The normalized spacial score (nSPS) is 14.6. The number of Topliss-reactive ketones (excluding diaryl/α,β-unsaturated/α-hetero) is 2. The SMILES string of the molecule is O=C1CCc2cc(Br)cc(O)c2C1.O=C1CCc2cc(Br)cc(OCc3ccccn3)c2C1. The first-order valence-corrected chi connectivity index (χ1v) is 12.4. The molecular weight excluding hydrogens is 550 g/mol. The number of benzene rings is 2. The van der Waals surface area contributed by atoms with Crippen molar-refractivity contribution in [1.82, 2.24) is 4.98 Å². The molecule has 0 fully saturated rings. The summed E-state index contributed by atoms with van der Waals surface area (Å²) < 4.78 is 7.74. The second-order valence-corrected chi connectivity index (χ2v) is 9.98. The van der Waals surface area contributed by atoms with Gasteiger partial charge in [-0.3, -0.25) is 14.6 Å². The van der Waals surface area contributed by atoms with Crippen molar-refractivity contribution >= 4 is 43.4 Å². The third-order valence-corrected chi connectivity index (χ3v) is 6.66. The topological polar surface area (TPSA) is 76.5 Å². The van der Waals surface area contributed by atoms with Gasteiger partial charge in [0, 0.05) is 52.0 Å². The maximum Gasteiger partial charge on any atom is 0.137 e. The predicted octanol–water partition coefficient (Wildman–Crippen LogP) is 5.69. The van der Waals surface area contributed by atoms with Crippen molar-refractivity contribution < 1.29 is 19.4 Å². The van der Waals surface area contributed by atoms with Gasteiger partial charge in [-0.1, -0.05) is 37.9 Å². The lowest BCUT2D eigenvalue weighted by Gasteiger charge is -2.19. The highest BCUT2D eigenvalue weighted by Crippen LogP contribution is 2.33. The molecule has 0 saturated heterocycles. The largest absolute Gasteiger partial charge is 0.508 e. The summed E-state index contributed by atoms with van der Waals surface area (Å²) in [7, 11) is 0. The molecule has 0 aliphatic heterocycles. The van der Waals surface area contributed by atoms with Gasteiger partial charge in [0.25, 0.3) is 0 Å². The Morgan fingerprint density at radius 1 is 0.848 bits per heavy atom. The second-order valence-electron chi connectivity index (χ2n) is 8.14. The van der Waals surface area contributed by atoms with Crippen LogP contribution in [0.3, 0.4) is 0 Å². The number of pyridine rings is 1. The molecule has 0 bridgehead atoms. The van der Waals surface area contributed by atoms with Gasteiger partial charge in [-0.05, 0) is 60.4 Å². The van der Waals surface area contributed by atoms with E-state index in [2.05, 4.69) is 42.9 Å². The lowest BCUT2D eigenvalue weighted by molar-refractivity contribution is -0.119. The van der Waals surface area contributed by atoms with E-state index in [9.17, 15) is 14.7 Å². The van der Waals surface area contributed by atoms with Gasteiger partial charge >= 0.3 is 0 Å². The molecule has 0 atom stereocenters. The Morgan fingerprint density at radius 2 is 1.48 bits per heavy atom. The molecule has 2 aliphatic carbocycles. The predicted molar refractivity (Wildman–Crippen MR) is 133 cm³/mol. The molecule has 1 aromatic heterocycles. The number of rotatable bonds is 3. The highest BCUT2D eigenvalue weighted by Gasteiger charge is 2.21. The Labute approximate surface area is 209 Å². The molecule has 2 aliphatic rings. The fourth-order valence-corrected chi connectivity index (χ4v) is 5.05. The molecule has 3 aromatic rings. The average molecular weight is 573 g/mol. The summed E-state index contributed by atoms with van der Waals surface area (Å²) in [6, 6.07) is 13.4. The van der Waals surface area contributed by atoms with Gasteiger partial charge < -0.3 is 9.84 Å². The van der Waals surface area contributed by atoms with Crippen LogP contribution in [0.25, 0.3) is 0 Å². The van der Waals surface area contributed by atoms with Crippen LogP contribution in [0.15, 0.2) is 57.6 Å². The monoisotopic (exact) mass is 571 g/mol. The van der Waals surface area contributed by atoms with Crippen molar-refractivity contribution in [3.05, 3.63) is 85.6 Å². The van der Waals surface area contributed by atoms with Crippen molar-refractivity contribution in [3.63, 3.8) is 0 Å². The summed E-state index contributed by atoms with van der Waals surface area (Å²) in [5.41, 5.74) is 5.00. The number of aromatic nitrogens is 1. The van der Waals surface area contributed by atoms with Crippen molar-refractivity contribution in [2.75, 3.05) is 0 Å². The van der Waals surface area contributed by atoms with E-state index < -0.39 is 0 Å². The maximum atomic E-state index is 11.7. The number of phenols is 1. The molecule has 1 heterocycles. The molecule has 2 aromatic carbocycles. The number of ketones is 2. The zero-order valence-corrected chi connectivity index (χ0v) is 21.1. The van der Waals surface area contributed by atoms with Crippen molar-refractivity contribution in [2.45, 2.75) is 45.1 Å². The number of nitrogens with zero attached hydrogens (tertiary/aromatic N) is 1. The maximum absolute atomic E-state index is 11.7. The Morgan fingerprint density at radius 3 is 2.15 bits per heavy atom. The van der Waals surface area contributed by atoms with Crippen LogP contribution in [0.1, 0.15) is 40.8 Å². The van der Waals surface area contributed by atoms with E-state index in [4.69, 9.17) is 4.74 Å². The Hall–Kier alpha value is -2.51. The summed E-state index contributed by atoms with van der Waals surface area (Å²) in [6.45, 7) is 0.415. The van der Waals surface area contributed by atoms with Gasteiger partial charge in [0.05, 0.1) is 5.69 Å². The minimum Gasteiger partial charge on any atom is -0.508 e. The molecule has 0 amide bonds. The van der Waals surface area contributed by atoms with Crippen molar-refractivity contribution in [3.8, 4) is 11.5 Å². The van der Waals surface area contributed by atoms with Crippen LogP contribution in [-0.2, 0) is 41.9 Å². The lowest BCUT2D eigenvalue weighted by atomic mass is 9.90. The van der Waals surface area contributed by atoms with E-state index >= 15 is 0 Å². The molecule has 1 N–H and O–H groups in total. The van der Waals surface area contributed by atoms with Gasteiger partial charge in [-0.25, -0.2) is 0 Å². The number of carbonyl (C=O) groups excluding carboxylic acids is 2. The number of aromatic hydroxyl groups is 1. The van der Waals surface area contributed by atoms with Crippen molar-refractivity contribution in [1.29, 1.82) is 0 Å². The number of phenolic OH excluding ortho intramolecular Hbond substituents is 1. The smallest absolute Gasteiger partial charge is 0.137 e. The minimum atomic E-state index is 0.213. The van der Waals surface area contributed by atoms with Crippen LogP contribution < -0.4 is 4.74 Å². The highest BCUT2D eigenvalue weighted by molar-refractivity contribution is 9.10. The summed E-state index contributed by atoms with van der Waals surface area (Å²) in [5, 5.41) is 9.57. The molecule has 170 valence electrons. The first kappa shape index (κ1) is 23.6. The number of carbonyl (C=O) groups is 2. The summed E-state index contributed by atoms with van der Waals surface area (Å²) in [5.74, 6) is 1.51. The van der Waals surface area contributed by atoms with Crippen LogP contribution in [0.2, 0.25) is 0 Å². The van der Waals surface area contributed by atoms with E-state index in [-0.39, 0.29) is 17.3 Å². The first-order valence-electron chi connectivity index (χ1n) is 10.8. The Bertz CT molecular complexity index is 1190. The fourth-order valence-electron chi connectivity index (χ4n) is 4.08. The zero-order valence-electron chi connectivity index (χ0n) is 17.9. The van der Waals surface area contributed by atoms with Gasteiger partial charge in [0.2, 0.25) is 0 Å². The molecular formula is C26H23Br2NO4. The van der Waals surface area contributed by atoms with Gasteiger partial charge in [-0.2, -0.15) is 0 Å². The molecule has 0 saturated carbocycles. The number of hydrogen-bond acceptors (Lipinski definition) is 5. The van der Waals surface area contributed by atoms with Gasteiger partial charge in [0.15, 0.2) is 0 Å². The average Bonchev–Trinajstić information content (AvgIpc) is 2.79. The first-order chi connectivity index (χ1) is 15.9. The quantitative estimate of drug-likeness (QED) is 0.436. The Balaban J connectivity index is 0.000000172. The number of hydrogen-bond donors (Lipinski definition) is 1. The van der Waals surface area contributed by atoms with Crippen LogP contribution in [0.4, 0.5) is 0 Å². The molecule has 0 unspecified atom stereocenters. The van der Waals surface area contributed by atoms with E-state index in [0.29, 0.717) is 32.3 Å². The molecule has 33 heavy (non-hydrogen) atoms. The number of fused-ring (bicyclic) bond motifs is 2. The van der Waals surface area contributed by atoms with E-state index in [1.807, 2.05) is 30.3 Å². The molecule has 0 spiro atoms. The number of ether oxygens (including phenoxy) is 1. The molecule has 5 rings (SSSR count). The minimum absolute atomic E-state index is 0.213. The lowest BCUT2D eigenvalue weighted by Crippen LogP contribution is -2.15. The second kappa shape index (κ2) is 10.6. The third kappa shape index (κ3) is 6.09. The molecule has 5 nitrogen and oxygen atoms in total. The van der Waals surface area contributed by atoms with E-state index in [0.717, 1.165) is 49.9 Å². The van der Waals surface area contributed by atoms with E-state index in [1.165, 1.54) is 5.56 Å². The van der Waals surface area contributed by atoms with Crippen LogP contribution >= 0.6 is 31.9 Å². The summed E-state index contributed by atoms with van der Waals surface area (Å²) in [6.07, 6.45) is 5.38. The highest BCUT2D eigenvalue weighted by atomic mass is 79.9. The van der Waals surface area contributed by atoms with Crippen LogP contribution in [0.5, 0.6) is 11.5 Å². The van der Waals surface area contributed by atoms with Gasteiger partial charge in [-0.15, -0.1) is 0 Å². The number of aryl methyl sites for hydroxylation is 2.